The van der Waals surface area contributed by atoms with Crippen molar-refractivity contribution in [1.29, 1.82) is 0 Å². The van der Waals surface area contributed by atoms with Gasteiger partial charge in [-0.05, 0) is 12.1 Å². The van der Waals surface area contributed by atoms with Crippen LogP contribution in [0.15, 0.2) is 36.4 Å². The van der Waals surface area contributed by atoms with Crippen molar-refractivity contribution < 1.29 is 18.4 Å². The Morgan fingerprint density at radius 2 is 2.00 bits per heavy atom. The van der Waals surface area contributed by atoms with Crippen LogP contribution in [-0.2, 0) is 6.61 Å². The van der Waals surface area contributed by atoms with Gasteiger partial charge in [0.2, 0.25) is 0 Å². The molecule has 0 aliphatic heterocycles. The summed E-state index contributed by atoms with van der Waals surface area (Å²) in [4.78, 5) is 10.1. The van der Waals surface area contributed by atoms with Gasteiger partial charge in [-0.2, -0.15) is 0 Å². The van der Waals surface area contributed by atoms with Crippen molar-refractivity contribution in [2.75, 3.05) is 0 Å². The Kier molecular flexibility index (Phi) is 4.14. The van der Waals surface area contributed by atoms with Crippen molar-refractivity contribution in [2.24, 2.45) is 0 Å². The third-order valence-electron chi connectivity index (χ3n) is 2.53. The van der Waals surface area contributed by atoms with E-state index in [1.54, 1.807) is 0 Å². The van der Waals surface area contributed by atoms with Crippen molar-refractivity contribution in [2.45, 2.75) is 6.61 Å². The molecule has 0 amide bonds. The molecule has 104 valence electrons. The zero-order chi connectivity index (χ0) is 14.7. The highest BCUT2D eigenvalue weighted by atomic mass is 35.5. The summed E-state index contributed by atoms with van der Waals surface area (Å²) in [5, 5.41) is 10.7. The summed E-state index contributed by atoms with van der Waals surface area (Å²) < 4.78 is 31.8. The summed E-state index contributed by atoms with van der Waals surface area (Å²) >= 11 is 5.60. The number of nitro groups is 1. The highest BCUT2D eigenvalue weighted by Gasteiger charge is 2.17. The molecule has 0 fully saturated rings. The van der Waals surface area contributed by atoms with E-state index in [2.05, 4.69) is 0 Å². The van der Waals surface area contributed by atoms with Gasteiger partial charge in [0.15, 0.2) is 5.75 Å². The van der Waals surface area contributed by atoms with Crippen LogP contribution < -0.4 is 4.74 Å². The molecule has 20 heavy (non-hydrogen) atoms. The predicted molar refractivity (Wildman–Crippen MR) is 68.8 cm³/mol. The second kappa shape index (κ2) is 5.83. The number of hydrogen-bond donors (Lipinski definition) is 0. The summed E-state index contributed by atoms with van der Waals surface area (Å²) in [7, 11) is 0. The van der Waals surface area contributed by atoms with E-state index in [0.717, 1.165) is 18.2 Å². The lowest BCUT2D eigenvalue weighted by molar-refractivity contribution is -0.386. The lowest BCUT2D eigenvalue weighted by Gasteiger charge is -2.08. The molecule has 0 aliphatic carbocycles. The Morgan fingerprint density at radius 3 is 2.70 bits per heavy atom. The van der Waals surface area contributed by atoms with Crippen LogP contribution in [0.5, 0.6) is 5.75 Å². The number of halogens is 3. The number of benzene rings is 2. The van der Waals surface area contributed by atoms with Crippen molar-refractivity contribution in [3.8, 4) is 5.75 Å². The first-order valence-corrected chi connectivity index (χ1v) is 5.86. The molecule has 0 spiro atoms. The molecular weight excluding hydrogens is 292 g/mol. The smallest absolute Gasteiger partial charge is 0.311 e. The van der Waals surface area contributed by atoms with Gasteiger partial charge in [0.25, 0.3) is 0 Å². The highest BCUT2D eigenvalue weighted by molar-refractivity contribution is 6.30. The average Bonchev–Trinajstić information content (AvgIpc) is 2.40. The number of rotatable bonds is 4. The van der Waals surface area contributed by atoms with E-state index in [-0.39, 0.29) is 22.9 Å². The fourth-order valence-electron chi connectivity index (χ4n) is 1.57. The fraction of sp³-hybridized carbons (Fsp3) is 0.0769. The van der Waals surface area contributed by atoms with E-state index < -0.39 is 22.2 Å². The molecule has 2 rings (SSSR count). The largest absolute Gasteiger partial charge is 0.482 e. The van der Waals surface area contributed by atoms with Crippen LogP contribution >= 0.6 is 11.6 Å². The molecule has 2 aromatic rings. The molecule has 4 nitrogen and oxygen atoms in total. The van der Waals surface area contributed by atoms with Crippen LogP contribution in [0.2, 0.25) is 5.02 Å². The first-order valence-electron chi connectivity index (χ1n) is 5.48. The molecule has 0 heterocycles. The first kappa shape index (κ1) is 14.2. The Morgan fingerprint density at radius 1 is 1.25 bits per heavy atom. The van der Waals surface area contributed by atoms with Crippen molar-refractivity contribution in [3.05, 3.63) is 68.7 Å². The Labute approximate surface area is 117 Å². The van der Waals surface area contributed by atoms with Crippen LogP contribution in [0.4, 0.5) is 14.5 Å². The monoisotopic (exact) mass is 299 g/mol. The summed E-state index contributed by atoms with van der Waals surface area (Å²) in [6, 6.07) is 7.12. The summed E-state index contributed by atoms with van der Waals surface area (Å²) in [5.74, 6) is -1.63. The number of nitro benzene ring substituents is 1. The Balaban J connectivity index is 2.24. The van der Waals surface area contributed by atoms with Crippen LogP contribution in [0.3, 0.4) is 0 Å². The zero-order valence-electron chi connectivity index (χ0n) is 9.98. The summed E-state index contributed by atoms with van der Waals surface area (Å²) in [5.41, 5.74) is -0.273. The third-order valence-corrected chi connectivity index (χ3v) is 2.83. The minimum Gasteiger partial charge on any atom is -0.482 e. The van der Waals surface area contributed by atoms with Gasteiger partial charge in [-0.3, -0.25) is 10.1 Å². The van der Waals surface area contributed by atoms with Gasteiger partial charge >= 0.3 is 5.69 Å². The molecule has 0 aromatic heterocycles. The molecule has 0 N–H and O–H groups in total. The van der Waals surface area contributed by atoms with Crippen molar-refractivity contribution in [3.63, 3.8) is 0 Å². The third kappa shape index (κ3) is 3.03. The molecule has 0 bridgehead atoms. The minimum atomic E-state index is -0.705. The maximum absolute atomic E-state index is 13.6. The van der Waals surface area contributed by atoms with E-state index in [4.69, 9.17) is 16.3 Å². The maximum Gasteiger partial charge on any atom is 0.311 e. The molecule has 0 saturated carbocycles. The summed E-state index contributed by atoms with van der Waals surface area (Å²) in [6.45, 7) is -0.295. The Bertz CT molecular complexity index is 664. The molecule has 7 heteroatoms. The topological polar surface area (TPSA) is 52.4 Å². The molecular formula is C13H8ClF2NO3. The van der Waals surface area contributed by atoms with E-state index in [0.29, 0.717) is 0 Å². The number of nitrogens with zero attached hydrogens (tertiary/aromatic N) is 1. The quantitative estimate of drug-likeness (QED) is 0.630. The number of ether oxygens (including phenoxy) is 1. The van der Waals surface area contributed by atoms with Gasteiger partial charge in [0.1, 0.15) is 18.2 Å². The second-order valence-electron chi connectivity index (χ2n) is 3.87. The second-order valence-corrected chi connectivity index (χ2v) is 4.28. The predicted octanol–water partition coefficient (Wildman–Crippen LogP) is 4.11. The SMILES string of the molecule is O=[N+]([O-])c1ccc(F)cc1OCc1cccc(Cl)c1F. The van der Waals surface area contributed by atoms with Crippen molar-refractivity contribution in [1.82, 2.24) is 0 Å². The van der Waals surface area contributed by atoms with E-state index in [1.807, 2.05) is 0 Å². The lowest BCUT2D eigenvalue weighted by atomic mass is 10.2. The Hall–Kier alpha value is -2.21. The first-order chi connectivity index (χ1) is 9.49. The van der Waals surface area contributed by atoms with Gasteiger partial charge in [-0.1, -0.05) is 23.7 Å². The van der Waals surface area contributed by atoms with Crippen LogP contribution in [0.25, 0.3) is 0 Å². The molecule has 0 saturated heterocycles. The highest BCUT2D eigenvalue weighted by Crippen LogP contribution is 2.29. The van der Waals surface area contributed by atoms with Gasteiger partial charge in [0.05, 0.1) is 9.95 Å². The van der Waals surface area contributed by atoms with E-state index >= 15 is 0 Å². The van der Waals surface area contributed by atoms with E-state index in [9.17, 15) is 18.9 Å². The normalized spacial score (nSPS) is 10.3. The van der Waals surface area contributed by atoms with Crippen LogP contribution in [-0.4, -0.2) is 4.92 Å². The van der Waals surface area contributed by atoms with Gasteiger partial charge in [0, 0.05) is 17.7 Å². The summed E-state index contributed by atoms with van der Waals surface area (Å²) in [6.07, 6.45) is 0. The molecule has 2 aromatic carbocycles. The van der Waals surface area contributed by atoms with Crippen LogP contribution in [0, 0.1) is 21.7 Å². The molecule has 0 atom stereocenters. The van der Waals surface area contributed by atoms with Gasteiger partial charge < -0.3 is 4.74 Å². The molecule has 0 radical (unpaired) electrons. The average molecular weight is 300 g/mol. The lowest BCUT2D eigenvalue weighted by Crippen LogP contribution is -2.01. The van der Waals surface area contributed by atoms with Gasteiger partial charge in [-0.15, -0.1) is 0 Å². The van der Waals surface area contributed by atoms with Crippen molar-refractivity contribution >= 4 is 17.3 Å². The number of hydrogen-bond acceptors (Lipinski definition) is 3. The maximum atomic E-state index is 13.6. The fourth-order valence-corrected chi connectivity index (χ4v) is 1.76. The van der Waals surface area contributed by atoms with Gasteiger partial charge in [-0.25, -0.2) is 8.78 Å². The standard InChI is InChI=1S/C13H8ClF2NO3/c14-10-3-1-2-8(13(10)16)7-20-12-6-9(15)4-5-11(12)17(18)19/h1-6H,7H2. The minimum absolute atomic E-state index is 0.0835. The molecule has 0 aliphatic rings. The van der Waals surface area contributed by atoms with E-state index in [1.165, 1.54) is 18.2 Å². The molecule has 0 unspecified atom stereocenters. The zero-order valence-corrected chi connectivity index (χ0v) is 10.7. The van der Waals surface area contributed by atoms with Crippen LogP contribution in [0.1, 0.15) is 5.56 Å².